The van der Waals surface area contributed by atoms with Gasteiger partial charge in [-0.25, -0.2) is 0 Å². The van der Waals surface area contributed by atoms with Crippen molar-refractivity contribution in [1.29, 1.82) is 0 Å². The van der Waals surface area contributed by atoms with Crippen molar-refractivity contribution in [2.24, 2.45) is 5.41 Å². The van der Waals surface area contributed by atoms with E-state index in [1.54, 1.807) is 44.2 Å². The third-order valence-corrected chi connectivity index (χ3v) is 3.30. The maximum Gasteiger partial charge on any atom is 0.233 e. The monoisotopic (exact) mass is 302 g/mol. The van der Waals surface area contributed by atoms with E-state index in [9.17, 15) is 14.4 Å². The molecule has 0 atom stereocenters. The van der Waals surface area contributed by atoms with Crippen molar-refractivity contribution < 1.29 is 14.4 Å². The highest BCUT2D eigenvalue weighted by atomic mass is 16.2. The molecule has 1 aromatic rings. The summed E-state index contributed by atoms with van der Waals surface area (Å²) in [5.41, 5.74) is 0.170. The molecule has 0 radical (unpaired) electrons. The van der Waals surface area contributed by atoms with Crippen molar-refractivity contribution in [3.05, 3.63) is 42.5 Å². The van der Waals surface area contributed by atoms with Crippen LogP contribution in [0.1, 0.15) is 37.6 Å². The smallest absolute Gasteiger partial charge is 0.233 e. The van der Waals surface area contributed by atoms with Crippen LogP contribution in [0.4, 0.5) is 5.69 Å². The molecule has 0 aromatic heterocycles. The highest BCUT2D eigenvalue weighted by Gasteiger charge is 2.24. The first-order valence-corrected chi connectivity index (χ1v) is 7.09. The van der Waals surface area contributed by atoms with E-state index >= 15 is 0 Å². The normalized spacial score (nSPS) is 10.7. The van der Waals surface area contributed by atoms with Crippen molar-refractivity contribution in [2.75, 3.05) is 11.9 Å². The van der Waals surface area contributed by atoms with Crippen molar-refractivity contribution >= 4 is 23.3 Å². The molecule has 0 aliphatic rings. The number of amides is 2. The molecular formula is C17H22N2O3. The summed E-state index contributed by atoms with van der Waals surface area (Å²) in [5.74, 6) is -0.548. The molecule has 2 amide bonds. The van der Waals surface area contributed by atoms with Crippen LogP contribution in [0.2, 0.25) is 0 Å². The van der Waals surface area contributed by atoms with Gasteiger partial charge in [-0.15, -0.1) is 6.58 Å². The van der Waals surface area contributed by atoms with Crippen molar-refractivity contribution in [3.63, 3.8) is 0 Å². The van der Waals surface area contributed by atoms with Crippen LogP contribution >= 0.6 is 0 Å². The van der Waals surface area contributed by atoms with E-state index in [-0.39, 0.29) is 30.6 Å². The van der Waals surface area contributed by atoms with Crippen LogP contribution in [0, 0.1) is 5.41 Å². The number of rotatable bonds is 7. The molecule has 0 heterocycles. The van der Waals surface area contributed by atoms with Gasteiger partial charge >= 0.3 is 0 Å². The van der Waals surface area contributed by atoms with Gasteiger partial charge in [0, 0.05) is 25.5 Å². The molecule has 5 nitrogen and oxygen atoms in total. The maximum atomic E-state index is 12.2. The Balaban J connectivity index is 2.86. The van der Waals surface area contributed by atoms with Gasteiger partial charge in [0.25, 0.3) is 0 Å². The number of carbonyl (C=O) groups is 3. The Labute approximate surface area is 130 Å². The Morgan fingerprint density at radius 2 is 1.86 bits per heavy atom. The number of hydrogen-bond acceptors (Lipinski definition) is 3. The number of carbonyl (C=O) groups excluding carboxylic acids is 3. The zero-order chi connectivity index (χ0) is 16.8. The molecule has 1 rings (SSSR count). The molecule has 1 aromatic carbocycles. The minimum absolute atomic E-state index is 0.138. The summed E-state index contributed by atoms with van der Waals surface area (Å²) in [4.78, 5) is 35.2. The number of Topliss-reactive ketones (excluding diaryl/α,β-unsaturated/α-hetero) is 1. The van der Waals surface area contributed by atoms with Crippen LogP contribution in [0.5, 0.6) is 0 Å². The summed E-state index contributed by atoms with van der Waals surface area (Å²) in [6.07, 6.45) is 1.74. The molecule has 0 unspecified atom stereocenters. The summed E-state index contributed by atoms with van der Waals surface area (Å²) in [6, 6.07) is 6.83. The summed E-state index contributed by atoms with van der Waals surface area (Å²) in [5, 5.41) is 5.34. The second kappa shape index (κ2) is 7.54. The van der Waals surface area contributed by atoms with Crippen LogP contribution in [-0.2, 0) is 9.59 Å². The standard InChI is InChI=1S/C17H22N2O3/c1-5-17(3,4)16(22)19-14-9-7-6-8-13(14)15(21)10-11-18-12(2)20/h5-9H,1,10-11H2,2-4H3,(H,18,20)(H,19,22). The van der Waals surface area contributed by atoms with E-state index in [2.05, 4.69) is 17.2 Å². The lowest BCUT2D eigenvalue weighted by atomic mass is 9.92. The fourth-order valence-electron chi connectivity index (χ4n) is 1.70. The van der Waals surface area contributed by atoms with Crippen LogP contribution in [-0.4, -0.2) is 24.1 Å². The molecule has 0 saturated heterocycles. The van der Waals surface area contributed by atoms with Crippen LogP contribution in [0.25, 0.3) is 0 Å². The SMILES string of the molecule is C=CC(C)(C)C(=O)Nc1ccccc1C(=O)CCNC(C)=O. The topological polar surface area (TPSA) is 75.3 Å². The zero-order valence-corrected chi connectivity index (χ0v) is 13.2. The second-order valence-electron chi connectivity index (χ2n) is 5.58. The van der Waals surface area contributed by atoms with E-state index < -0.39 is 5.41 Å². The van der Waals surface area contributed by atoms with Crippen LogP contribution in [0.3, 0.4) is 0 Å². The Morgan fingerprint density at radius 3 is 2.45 bits per heavy atom. The highest BCUT2D eigenvalue weighted by molar-refractivity contribution is 6.06. The summed E-state index contributed by atoms with van der Waals surface area (Å²) >= 11 is 0. The number of para-hydroxylation sites is 1. The summed E-state index contributed by atoms with van der Waals surface area (Å²) < 4.78 is 0. The molecule has 0 spiro atoms. The van der Waals surface area contributed by atoms with E-state index in [0.29, 0.717) is 11.3 Å². The van der Waals surface area contributed by atoms with Crippen LogP contribution < -0.4 is 10.6 Å². The largest absolute Gasteiger partial charge is 0.356 e. The predicted molar refractivity (Wildman–Crippen MR) is 86.7 cm³/mol. The van der Waals surface area contributed by atoms with E-state index in [4.69, 9.17) is 0 Å². The van der Waals surface area contributed by atoms with E-state index in [0.717, 1.165) is 0 Å². The molecule has 0 aliphatic carbocycles. The van der Waals surface area contributed by atoms with Crippen molar-refractivity contribution in [1.82, 2.24) is 5.32 Å². The summed E-state index contributed by atoms with van der Waals surface area (Å²) in [6.45, 7) is 8.81. The predicted octanol–water partition coefficient (Wildman–Crippen LogP) is 2.55. The van der Waals surface area contributed by atoms with Gasteiger partial charge in [-0.05, 0) is 26.0 Å². The van der Waals surface area contributed by atoms with E-state index in [1.807, 2.05) is 0 Å². The number of benzene rings is 1. The Hall–Kier alpha value is -2.43. The van der Waals surface area contributed by atoms with Gasteiger partial charge in [0.15, 0.2) is 5.78 Å². The average Bonchev–Trinajstić information content (AvgIpc) is 2.47. The molecule has 2 N–H and O–H groups in total. The molecule has 5 heteroatoms. The molecule has 0 bridgehead atoms. The molecule has 0 fully saturated rings. The third-order valence-electron chi connectivity index (χ3n) is 3.30. The zero-order valence-electron chi connectivity index (χ0n) is 13.2. The Kier molecular flexibility index (Phi) is 6.04. The fourth-order valence-corrected chi connectivity index (χ4v) is 1.70. The lowest BCUT2D eigenvalue weighted by Crippen LogP contribution is -2.29. The van der Waals surface area contributed by atoms with Crippen molar-refractivity contribution in [3.8, 4) is 0 Å². The highest BCUT2D eigenvalue weighted by Crippen LogP contribution is 2.22. The molecule has 118 valence electrons. The number of hydrogen-bond donors (Lipinski definition) is 2. The molecule has 0 saturated carbocycles. The molecule has 0 aliphatic heterocycles. The van der Waals surface area contributed by atoms with Gasteiger partial charge in [-0.2, -0.15) is 0 Å². The maximum absolute atomic E-state index is 12.2. The van der Waals surface area contributed by atoms with Gasteiger partial charge in [0.2, 0.25) is 11.8 Å². The van der Waals surface area contributed by atoms with Gasteiger partial charge in [-0.3, -0.25) is 14.4 Å². The minimum atomic E-state index is -0.730. The quantitative estimate of drug-likeness (QED) is 0.600. The number of ketones is 1. The first-order valence-electron chi connectivity index (χ1n) is 7.09. The van der Waals surface area contributed by atoms with Gasteiger partial charge < -0.3 is 10.6 Å². The molecule has 22 heavy (non-hydrogen) atoms. The van der Waals surface area contributed by atoms with Gasteiger partial charge in [0.05, 0.1) is 11.1 Å². The van der Waals surface area contributed by atoms with Crippen LogP contribution in [0.15, 0.2) is 36.9 Å². The minimum Gasteiger partial charge on any atom is -0.356 e. The Morgan fingerprint density at radius 1 is 1.23 bits per heavy atom. The first kappa shape index (κ1) is 17.6. The Bertz CT molecular complexity index is 591. The fraction of sp³-hybridized carbons (Fsp3) is 0.353. The average molecular weight is 302 g/mol. The second-order valence-corrected chi connectivity index (χ2v) is 5.58. The van der Waals surface area contributed by atoms with Gasteiger partial charge in [0.1, 0.15) is 0 Å². The van der Waals surface area contributed by atoms with Crippen molar-refractivity contribution in [2.45, 2.75) is 27.2 Å². The van der Waals surface area contributed by atoms with E-state index in [1.165, 1.54) is 6.92 Å². The molecular weight excluding hydrogens is 280 g/mol. The number of nitrogens with one attached hydrogen (secondary N) is 2. The summed E-state index contributed by atoms with van der Waals surface area (Å²) in [7, 11) is 0. The lowest BCUT2D eigenvalue weighted by Gasteiger charge is -2.20. The number of anilines is 1. The lowest BCUT2D eigenvalue weighted by molar-refractivity contribution is -0.122. The first-order chi connectivity index (χ1) is 10.3. The van der Waals surface area contributed by atoms with Gasteiger partial charge in [-0.1, -0.05) is 18.2 Å². The third kappa shape index (κ3) is 4.84.